The van der Waals surface area contributed by atoms with Crippen molar-refractivity contribution < 1.29 is 14.6 Å². The molecule has 0 saturated carbocycles. The van der Waals surface area contributed by atoms with E-state index >= 15 is 0 Å². The van der Waals surface area contributed by atoms with E-state index in [-0.39, 0.29) is 12.5 Å². The van der Waals surface area contributed by atoms with Gasteiger partial charge in [0.15, 0.2) is 0 Å². The van der Waals surface area contributed by atoms with Crippen LogP contribution in [0.2, 0.25) is 0 Å². The van der Waals surface area contributed by atoms with Crippen molar-refractivity contribution in [3.8, 4) is 17.0 Å². The summed E-state index contributed by atoms with van der Waals surface area (Å²) < 4.78 is 5.34. The van der Waals surface area contributed by atoms with Gasteiger partial charge in [-0.3, -0.25) is 9.69 Å². The molecule has 5 rings (SSSR count). The van der Waals surface area contributed by atoms with Gasteiger partial charge in [0.25, 0.3) is 5.91 Å². The summed E-state index contributed by atoms with van der Waals surface area (Å²) in [5.41, 5.74) is 3.25. The van der Waals surface area contributed by atoms with E-state index in [4.69, 9.17) is 9.72 Å². The Labute approximate surface area is 193 Å². The number of carbonyl (C=O) groups is 1. The number of hydrogen-bond acceptors (Lipinski definition) is 5. The van der Waals surface area contributed by atoms with Crippen LogP contribution in [-0.4, -0.2) is 72.2 Å². The van der Waals surface area contributed by atoms with Crippen LogP contribution in [0, 0.1) is 0 Å². The molecule has 1 aromatic heterocycles. The maximum atomic E-state index is 13.6. The number of β-amino-alcohol motifs (C(OH)–C–C–N with tert-alkyl or cyclic N) is 1. The molecule has 1 fully saturated rings. The van der Waals surface area contributed by atoms with Crippen LogP contribution in [0.15, 0.2) is 66.7 Å². The van der Waals surface area contributed by atoms with Crippen molar-refractivity contribution in [1.82, 2.24) is 14.8 Å². The number of rotatable bonds is 5. The second-order valence-corrected chi connectivity index (χ2v) is 8.36. The molecule has 4 aromatic rings. The van der Waals surface area contributed by atoms with Crippen molar-refractivity contribution in [2.45, 2.75) is 0 Å². The molecule has 2 heterocycles. The summed E-state index contributed by atoms with van der Waals surface area (Å²) in [4.78, 5) is 22.5. The predicted molar refractivity (Wildman–Crippen MR) is 131 cm³/mol. The average molecular weight is 442 g/mol. The normalized spacial score (nSPS) is 14.7. The average Bonchev–Trinajstić information content (AvgIpc) is 2.87. The Balaban J connectivity index is 1.52. The number of methoxy groups -OCH3 is 1. The lowest BCUT2D eigenvalue weighted by atomic mass is 10.0. The number of amides is 1. The summed E-state index contributed by atoms with van der Waals surface area (Å²) in [5, 5.41) is 12.2. The Morgan fingerprint density at radius 2 is 1.73 bits per heavy atom. The molecule has 1 aliphatic heterocycles. The molecule has 0 atom stereocenters. The molecule has 1 N–H and O–H groups in total. The molecule has 6 heteroatoms. The third-order valence-electron chi connectivity index (χ3n) is 6.37. The van der Waals surface area contributed by atoms with Gasteiger partial charge in [0.2, 0.25) is 0 Å². The number of carbonyl (C=O) groups excluding carboxylic acids is 1. The zero-order valence-corrected chi connectivity index (χ0v) is 18.7. The summed E-state index contributed by atoms with van der Waals surface area (Å²) in [6.45, 7) is 3.65. The topological polar surface area (TPSA) is 65.9 Å². The number of ether oxygens (including phenoxy) is 1. The largest absolute Gasteiger partial charge is 0.497 e. The van der Waals surface area contributed by atoms with Crippen LogP contribution in [0.1, 0.15) is 10.4 Å². The van der Waals surface area contributed by atoms with Gasteiger partial charge in [0.05, 0.1) is 30.5 Å². The first-order chi connectivity index (χ1) is 16.2. The molecule has 33 heavy (non-hydrogen) atoms. The van der Waals surface area contributed by atoms with Gasteiger partial charge in [-0.2, -0.15) is 0 Å². The van der Waals surface area contributed by atoms with Gasteiger partial charge >= 0.3 is 0 Å². The number of piperazine rings is 1. The Hall–Kier alpha value is -3.48. The van der Waals surface area contributed by atoms with E-state index in [0.717, 1.165) is 51.8 Å². The highest BCUT2D eigenvalue weighted by Gasteiger charge is 2.24. The third-order valence-corrected chi connectivity index (χ3v) is 6.37. The lowest BCUT2D eigenvalue weighted by Gasteiger charge is -2.34. The van der Waals surface area contributed by atoms with Crippen molar-refractivity contribution >= 4 is 27.6 Å². The second-order valence-electron chi connectivity index (χ2n) is 8.36. The van der Waals surface area contributed by atoms with Crippen LogP contribution in [-0.2, 0) is 0 Å². The molecular weight excluding hydrogens is 414 g/mol. The molecule has 0 unspecified atom stereocenters. The maximum absolute atomic E-state index is 13.6. The van der Waals surface area contributed by atoms with E-state index in [2.05, 4.69) is 17.0 Å². The summed E-state index contributed by atoms with van der Waals surface area (Å²) in [6, 6.07) is 22.0. The van der Waals surface area contributed by atoms with Crippen LogP contribution < -0.4 is 4.74 Å². The van der Waals surface area contributed by atoms with Crippen LogP contribution in [0.25, 0.3) is 32.9 Å². The molecule has 168 valence electrons. The predicted octanol–water partition coefficient (Wildman–Crippen LogP) is 3.81. The molecule has 0 spiro atoms. The SMILES string of the molecule is COc1ccc2cc(-c3cc(C(=O)N4CCN(CCO)CC4)c4ccccc4n3)ccc2c1. The number of aliphatic hydroxyl groups is 1. The summed E-state index contributed by atoms with van der Waals surface area (Å²) in [7, 11) is 1.67. The van der Waals surface area contributed by atoms with E-state index in [1.54, 1.807) is 7.11 Å². The van der Waals surface area contributed by atoms with Crippen LogP contribution in [0.3, 0.4) is 0 Å². The van der Waals surface area contributed by atoms with Crippen molar-refractivity contribution in [1.29, 1.82) is 0 Å². The number of aromatic nitrogens is 1. The Morgan fingerprint density at radius 1 is 0.970 bits per heavy atom. The minimum Gasteiger partial charge on any atom is -0.497 e. The Bertz CT molecular complexity index is 1310. The van der Waals surface area contributed by atoms with E-state index in [1.165, 1.54) is 0 Å². The highest BCUT2D eigenvalue weighted by atomic mass is 16.5. The molecule has 0 bridgehead atoms. The van der Waals surface area contributed by atoms with E-state index in [0.29, 0.717) is 25.2 Å². The Kier molecular flexibility index (Phi) is 5.94. The fourth-order valence-electron chi connectivity index (χ4n) is 4.50. The fraction of sp³-hybridized carbons (Fsp3) is 0.259. The number of para-hydroxylation sites is 1. The van der Waals surface area contributed by atoms with Gasteiger partial charge in [-0.05, 0) is 41.1 Å². The standard InChI is InChI=1S/C27H27N3O3/c1-33-22-9-8-19-16-21(7-6-20(19)17-22)26-18-24(23-4-2-3-5-25(23)28-26)27(32)30-12-10-29(11-13-30)14-15-31/h2-9,16-18,31H,10-15H2,1H3. The number of fused-ring (bicyclic) bond motifs is 2. The lowest BCUT2D eigenvalue weighted by Crippen LogP contribution is -2.49. The third kappa shape index (κ3) is 4.27. The summed E-state index contributed by atoms with van der Waals surface area (Å²) in [5.74, 6) is 0.857. The highest BCUT2D eigenvalue weighted by Crippen LogP contribution is 2.29. The zero-order valence-electron chi connectivity index (χ0n) is 18.7. The first-order valence-corrected chi connectivity index (χ1v) is 11.3. The van der Waals surface area contributed by atoms with Crippen molar-refractivity contribution in [2.75, 3.05) is 46.4 Å². The van der Waals surface area contributed by atoms with Gasteiger partial charge in [-0.1, -0.05) is 36.4 Å². The first kappa shape index (κ1) is 21.4. The molecule has 1 aliphatic rings. The van der Waals surface area contributed by atoms with Crippen molar-refractivity contribution in [3.05, 3.63) is 72.3 Å². The Morgan fingerprint density at radius 3 is 2.52 bits per heavy atom. The number of hydrogen-bond donors (Lipinski definition) is 1. The van der Waals surface area contributed by atoms with Gasteiger partial charge in [-0.15, -0.1) is 0 Å². The minimum atomic E-state index is 0.0315. The lowest BCUT2D eigenvalue weighted by molar-refractivity contribution is 0.0617. The monoisotopic (exact) mass is 441 g/mol. The fourth-order valence-corrected chi connectivity index (χ4v) is 4.50. The van der Waals surface area contributed by atoms with E-state index < -0.39 is 0 Å². The molecule has 3 aromatic carbocycles. The number of aliphatic hydroxyl groups excluding tert-OH is 1. The van der Waals surface area contributed by atoms with Crippen LogP contribution in [0.4, 0.5) is 0 Å². The van der Waals surface area contributed by atoms with Crippen LogP contribution >= 0.6 is 0 Å². The van der Waals surface area contributed by atoms with E-state index in [9.17, 15) is 9.90 Å². The minimum absolute atomic E-state index is 0.0315. The summed E-state index contributed by atoms with van der Waals surface area (Å²) in [6.07, 6.45) is 0. The van der Waals surface area contributed by atoms with Crippen LogP contribution in [0.5, 0.6) is 5.75 Å². The quantitative estimate of drug-likeness (QED) is 0.510. The highest BCUT2D eigenvalue weighted by molar-refractivity contribution is 6.07. The first-order valence-electron chi connectivity index (χ1n) is 11.3. The number of pyridine rings is 1. The molecule has 1 amide bonds. The second kappa shape index (κ2) is 9.17. The molecule has 0 radical (unpaired) electrons. The smallest absolute Gasteiger partial charge is 0.254 e. The number of benzene rings is 3. The summed E-state index contributed by atoms with van der Waals surface area (Å²) >= 11 is 0. The van der Waals surface area contributed by atoms with Gasteiger partial charge in [0.1, 0.15) is 5.75 Å². The van der Waals surface area contributed by atoms with Crippen molar-refractivity contribution in [2.24, 2.45) is 0 Å². The molecule has 1 saturated heterocycles. The van der Waals surface area contributed by atoms with Crippen molar-refractivity contribution in [3.63, 3.8) is 0 Å². The van der Waals surface area contributed by atoms with Gasteiger partial charge < -0.3 is 14.7 Å². The molecule has 0 aliphatic carbocycles. The molecule has 6 nitrogen and oxygen atoms in total. The van der Waals surface area contributed by atoms with Gasteiger partial charge in [-0.25, -0.2) is 4.98 Å². The number of nitrogens with zero attached hydrogens (tertiary/aromatic N) is 3. The zero-order chi connectivity index (χ0) is 22.8. The van der Waals surface area contributed by atoms with E-state index in [1.807, 2.05) is 59.5 Å². The molecular formula is C27H27N3O3. The maximum Gasteiger partial charge on any atom is 0.254 e. The van der Waals surface area contributed by atoms with Gasteiger partial charge in [0, 0.05) is 43.7 Å².